The fourth-order valence-electron chi connectivity index (χ4n) is 3.65. The van der Waals surface area contributed by atoms with Crippen LogP contribution in [0.3, 0.4) is 0 Å². The number of nitrogens with one attached hydrogen (secondary N) is 1. The van der Waals surface area contributed by atoms with Gasteiger partial charge < -0.3 is 9.88 Å². The average molecular weight is 347 g/mol. The Morgan fingerprint density at radius 3 is 2.81 bits per heavy atom. The van der Waals surface area contributed by atoms with Gasteiger partial charge in [-0.05, 0) is 37.5 Å². The number of aromatic nitrogens is 4. The Balaban J connectivity index is 1.41. The third kappa shape index (κ3) is 2.81. The van der Waals surface area contributed by atoms with Gasteiger partial charge in [0.15, 0.2) is 0 Å². The smallest absolute Gasteiger partial charge is 0.270 e. The average Bonchev–Trinajstić information content (AvgIpc) is 3.25. The van der Waals surface area contributed by atoms with Gasteiger partial charge in [0.25, 0.3) is 5.91 Å². The second-order valence-corrected chi connectivity index (χ2v) is 7.18. The summed E-state index contributed by atoms with van der Waals surface area (Å²) in [7, 11) is 0. The Morgan fingerprint density at radius 1 is 1.15 bits per heavy atom. The molecular formula is C20H21N5O. The normalized spacial score (nSPS) is 19.2. The molecule has 5 rings (SSSR count). The molecule has 1 aliphatic heterocycles. The van der Waals surface area contributed by atoms with Crippen LogP contribution in [0.5, 0.6) is 0 Å². The summed E-state index contributed by atoms with van der Waals surface area (Å²) >= 11 is 0. The lowest BCUT2D eigenvalue weighted by molar-refractivity contribution is 0.0919. The van der Waals surface area contributed by atoms with Crippen molar-refractivity contribution in [1.82, 2.24) is 24.6 Å². The van der Waals surface area contributed by atoms with E-state index < -0.39 is 0 Å². The highest BCUT2D eigenvalue weighted by Crippen LogP contribution is 2.39. The Kier molecular flexibility index (Phi) is 3.62. The van der Waals surface area contributed by atoms with E-state index in [9.17, 15) is 4.79 Å². The number of hydrogen-bond donors (Lipinski definition) is 1. The maximum absolute atomic E-state index is 13.0. The van der Waals surface area contributed by atoms with E-state index in [0.717, 1.165) is 36.6 Å². The summed E-state index contributed by atoms with van der Waals surface area (Å²) in [5.74, 6) is 1.55. The molecule has 1 saturated carbocycles. The fraction of sp³-hybridized carbons (Fsp3) is 0.350. The van der Waals surface area contributed by atoms with Gasteiger partial charge in [-0.25, -0.2) is 9.67 Å². The first-order valence-corrected chi connectivity index (χ1v) is 9.24. The zero-order valence-electron chi connectivity index (χ0n) is 14.5. The first kappa shape index (κ1) is 15.4. The van der Waals surface area contributed by atoms with Crippen LogP contribution in [0, 0.1) is 0 Å². The standard InChI is InChI=1S/C20H21N5O/c26-20(22-15-8-9-19-21-10-11-24(19)13-15)18-12-17(14-6-7-14)23-25(18)16-4-2-1-3-5-16/h1-5,10-12,14-15H,6-9,13H2,(H,22,26)/t15-/m0/s1. The van der Waals surface area contributed by atoms with Gasteiger partial charge in [0, 0.05) is 37.3 Å². The van der Waals surface area contributed by atoms with Gasteiger partial charge in [0.1, 0.15) is 11.5 Å². The molecule has 0 bridgehead atoms. The number of carbonyl (C=O) groups is 1. The lowest BCUT2D eigenvalue weighted by Gasteiger charge is -2.24. The van der Waals surface area contributed by atoms with Gasteiger partial charge in [-0.3, -0.25) is 4.79 Å². The van der Waals surface area contributed by atoms with Gasteiger partial charge >= 0.3 is 0 Å². The van der Waals surface area contributed by atoms with Crippen LogP contribution in [-0.2, 0) is 13.0 Å². The van der Waals surface area contributed by atoms with E-state index in [-0.39, 0.29) is 11.9 Å². The van der Waals surface area contributed by atoms with Crippen molar-refractivity contribution >= 4 is 5.91 Å². The van der Waals surface area contributed by atoms with Crippen molar-refractivity contribution in [3.63, 3.8) is 0 Å². The van der Waals surface area contributed by atoms with Gasteiger partial charge in [0.05, 0.1) is 11.4 Å². The zero-order valence-corrected chi connectivity index (χ0v) is 14.5. The topological polar surface area (TPSA) is 64.7 Å². The number of benzene rings is 1. The van der Waals surface area contributed by atoms with Crippen molar-refractivity contribution in [3.05, 3.63) is 66.0 Å². The minimum Gasteiger partial charge on any atom is -0.346 e. The predicted molar refractivity (Wildman–Crippen MR) is 97.3 cm³/mol. The number of amides is 1. The molecule has 2 aromatic heterocycles. The summed E-state index contributed by atoms with van der Waals surface area (Å²) in [5, 5.41) is 7.93. The van der Waals surface area contributed by atoms with E-state index in [1.54, 1.807) is 4.68 Å². The molecule has 1 N–H and O–H groups in total. The van der Waals surface area contributed by atoms with Crippen LogP contribution in [0.15, 0.2) is 48.8 Å². The highest BCUT2D eigenvalue weighted by Gasteiger charge is 2.30. The molecule has 0 unspecified atom stereocenters. The highest BCUT2D eigenvalue weighted by molar-refractivity contribution is 5.93. The largest absolute Gasteiger partial charge is 0.346 e. The molecule has 1 fully saturated rings. The molecule has 6 nitrogen and oxygen atoms in total. The molecule has 3 heterocycles. The fourth-order valence-corrected chi connectivity index (χ4v) is 3.65. The van der Waals surface area contributed by atoms with E-state index in [4.69, 9.17) is 5.10 Å². The van der Waals surface area contributed by atoms with E-state index in [1.807, 2.05) is 48.8 Å². The molecule has 0 saturated heterocycles. The molecule has 3 aromatic rings. The Morgan fingerprint density at radius 2 is 2.00 bits per heavy atom. The molecule has 6 heteroatoms. The molecule has 26 heavy (non-hydrogen) atoms. The number of fused-ring (bicyclic) bond motifs is 1. The van der Waals surface area contributed by atoms with Crippen LogP contribution in [0.1, 0.15) is 47.2 Å². The SMILES string of the molecule is O=C(N[C@H]1CCc2nccn2C1)c1cc(C2CC2)nn1-c1ccccc1. The van der Waals surface area contributed by atoms with Gasteiger partial charge in [-0.2, -0.15) is 5.10 Å². The van der Waals surface area contributed by atoms with Crippen molar-refractivity contribution in [2.75, 3.05) is 0 Å². The van der Waals surface area contributed by atoms with Crippen molar-refractivity contribution in [1.29, 1.82) is 0 Å². The summed E-state index contributed by atoms with van der Waals surface area (Å²) in [5.41, 5.74) is 2.57. The molecule has 0 radical (unpaired) electrons. The number of imidazole rings is 1. The maximum atomic E-state index is 13.0. The minimum absolute atomic E-state index is 0.0539. The number of hydrogen-bond acceptors (Lipinski definition) is 3. The number of aryl methyl sites for hydroxylation is 1. The summed E-state index contributed by atoms with van der Waals surface area (Å²) in [4.78, 5) is 17.4. The second-order valence-electron chi connectivity index (χ2n) is 7.18. The summed E-state index contributed by atoms with van der Waals surface area (Å²) < 4.78 is 3.91. The molecule has 132 valence electrons. The summed E-state index contributed by atoms with van der Waals surface area (Å²) in [6.45, 7) is 0.774. The number of rotatable bonds is 4. The zero-order chi connectivity index (χ0) is 17.5. The molecular weight excluding hydrogens is 326 g/mol. The first-order chi connectivity index (χ1) is 12.8. The van der Waals surface area contributed by atoms with Crippen LogP contribution < -0.4 is 5.32 Å². The van der Waals surface area contributed by atoms with Crippen LogP contribution in [0.4, 0.5) is 0 Å². The van der Waals surface area contributed by atoms with Crippen molar-refractivity contribution in [2.45, 2.75) is 44.2 Å². The van der Waals surface area contributed by atoms with E-state index in [2.05, 4.69) is 14.9 Å². The lowest BCUT2D eigenvalue weighted by Crippen LogP contribution is -2.41. The van der Waals surface area contributed by atoms with Crippen molar-refractivity contribution < 1.29 is 4.79 Å². The third-order valence-electron chi connectivity index (χ3n) is 5.23. The van der Waals surface area contributed by atoms with Gasteiger partial charge in [0.2, 0.25) is 0 Å². The molecule has 1 atom stereocenters. The summed E-state index contributed by atoms with van der Waals surface area (Å²) in [6, 6.07) is 12.0. The molecule has 2 aliphatic rings. The first-order valence-electron chi connectivity index (χ1n) is 9.24. The predicted octanol–water partition coefficient (Wildman–Crippen LogP) is 2.69. The van der Waals surface area contributed by atoms with Crippen LogP contribution in [0.2, 0.25) is 0 Å². The number of nitrogens with zero attached hydrogens (tertiary/aromatic N) is 4. The van der Waals surface area contributed by atoms with E-state index in [0.29, 0.717) is 11.6 Å². The minimum atomic E-state index is -0.0539. The second kappa shape index (κ2) is 6.12. The number of para-hydroxylation sites is 1. The number of carbonyl (C=O) groups excluding carboxylic acids is 1. The van der Waals surface area contributed by atoms with Crippen LogP contribution >= 0.6 is 0 Å². The Labute approximate surface area is 151 Å². The monoisotopic (exact) mass is 347 g/mol. The van der Waals surface area contributed by atoms with E-state index >= 15 is 0 Å². The molecule has 1 aromatic carbocycles. The molecule has 1 amide bonds. The lowest BCUT2D eigenvalue weighted by atomic mass is 10.1. The van der Waals surface area contributed by atoms with Gasteiger partial charge in [-0.1, -0.05) is 18.2 Å². The van der Waals surface area contributed by atoms with Crippen LogP contribution in [0.25, 0.3) is 5.69 Å². The maximum Gasteiger partial charge on any atom is 0.270 e. The van der Waals surface area contributed by atoms with Gasteiger partial charge in [-0.15, -0.1) is 0 Å². The third-order valence-corrected chi connectivity index (χ3v) is 5.23. The van der Waals surface area contributed by atoms with Crippen molar-refractivity contribution in [2.24, 2.45) is 0 Å². The molecule has 0 spiro atoms. The van der Waals surface area contributed by atoms with Crippen LogP contribution in [-0.4, -0.2) is 31.3 Å². The Hall–Kier alpha value is -2.89. The summed E-state index contributed by atoms with van der Waals surface area (Å²) in [6.07, 6.45) is 7.94. The molecule has 1 aliphatic carbocycles. The van der Waals surface area contributed by atoms with Crippen molar-refractivity contribution in [3.8, 4) is 5.69 Å². The van der Waals surface area contributed by atoms with E-state index in [1.165, 1.54) is 12.8 Å². The quantitative estimate of drug-likeness (QED) is 0.789. The highest BCUT2D eigenvalue weighted by atomic mass is 16.2. The Bertz CT molecular complexity index is 938.